The molecular weight excluding hydrogens is 284 g/mol. The zero-order chi connectivity index (χ0) is 15.9. The molecule has 0 saturated heterocycles. The van der Waals surface area contributed by atoms with E-state index in [9.17, 15) is 14.9 Å². The van der Waals surface area contributed by atoms with Crippen molar-refractivity contribution in [3.63, 3.8) is 0 Å². The van der Waals surface area contributed by atoms with E-state index in [1.165, 1.54) is 28.9 Å². The predicted molar refractivity (Wildman–Crippen MR) is 79.8 cm³/mol. The number of nitro benzene ring substituents is 1. The summed E-state index contributed by atoms with van der Waals surface area (Å²) < 4.78 is 1.21. The van der Waals surface area contributed by atoms with Crippen LogP contribution in [0.1, 0.15) is 21.5 Å². The maximum Gasteiger partial charge on any atom is 0.280 e. The number of carbonyl (C=O) groups is 1. The summed E-state index contributed by atoms with van der Waals surface area (Å²) in [6.45, 7) is 3.91. The lowest BCUT2D eigenvalue weighted by atomic mass is 10.1. The fourth-order valence-electron chi connectivity index (χ4n) is 2.17. The molecule has 0 aliphatic rings. The van der Waals surface area contributed by atoms with Gasteiger partial charge in [0.1, 0.15) is 5.52 Å². The van der Waals surface area contributed by atoms with E-state index < -0.39 is 4.92 Å². The highest BCUT2D eigenvalue weighted by atomic mass is 16.6. The van der Waals surface area contributed by atoms with Crippen LogP contribution >= 0.6 is 0 Å². The van der Waals surface area contributed by atoms with E-state index in [-0.39, 0.29) is 11.6 Å². The molecule has 0 saturated carbocycles. The van der Waals surface area contributed by atoms with Crippen molar-refractivity contribution < 1.29 is 9.72 Å². The van der Waals surface area contributed by atoms with E-state index >= 15 is 0 Å². The maximum atomic E-state index is 12.5. The van der Waals surface area contributed by atoms with Crippen LogP contribution in [0, 0.1) is 24.0 Å². The van der Waals surface area contributed by atoms with Gasteiger partial charge in [0, 0.05) is 17.7 Å². The van der Waals surface area contributed by atoms with Gasteiger partial charge in [0.2, 0.25) is 0 Å². The summed E-state index contributed by atoms with van der Waals surface area (Å²) in [4.78, 5) is 22.6. The SMILES string of the molecule is Cc1cc2nnn(C(=O)c3ccc([N+](=O)[O-])cc3)c2cc1C. The van der Waals surface area contributed by atoms with Crippen LogP contribution in [0.25, 0.3) is 11.0 Å². The van der Waals surface area contributed by atoms with Crippen molar-refractivity contribution in [1.29, 1.82) is 0 Å². The van der Waals surface area contributed by atoms with Crippen molar-refractivity contribution >= 4 is 22.6 Å². The largest absolute Gasteiger partial charge is 0.280 e. The average molecular weight is 296 g/mol. The van der Waals surface area contributed by atoms with Crippen LogP contribution in [0.4, 0.5) is 5.69 Å². The molecule has 0 radical (unpaired) electrons. The first kappa shape index (κ1) is 13.9. The van der Waals surface area contributed by atoms with E-state index in [1.807, 2.05) is 26.0 Å². The zero-order valence-corrected chi connectivity index (χ0v) is 12.0. The van der Waals surface area contributed by atoms with Gasteiger partial charge < -0.3 is 0 Å². The molecule has 1 heterocycles. The van der Waals surface area contributed by atoms with Gasteiger partial charge in [-0.1, -0.05) is 5.21 Å². The molecule has 0 spiro atoms. The monoisotopic (exact) mass is 296 g/mol. The summed E-state index contributed by atoms with van der Waals surface area (Å²) >= 11 is 0. The fraction of sp³-hybridized carbons (Fsp3) is 0.133. The first-order valence-electron chi connectivity index (χ1n) is 6.59. The van der Waals surface area contributed by atoms with Crippen LogP contribution in [0.2, 0.25) is 0 Å². The summed E-state index contributed by atoms with van der Waals surface area (Å²) in [5.41, 5.74) is 3.61. The fourth-order valence-corrected chi connectivity index (χ4v) is 2.17. The Morgan fingerprint density at radius 3 is 2.41 bits per heavy atom. The molecule has 0 fully saturated rings. The Labute approximate surface area is 125 Å². The number of fused-ring (bicyclic) bond motifs is 1. The lowest BCUT2D eigenvalue weighted by Crippen LogP contribution is -2.13. The Bertz CT molecular complexity index is 897. The van der Waals surface area contributed by atoms with Crippen LogP contribution < -0.4 is 0 Å². The quantitative estimate of drug-likeness (QED) is 0.535. The third-order valence-corrected chi connectivity index (χ3v) is 3.58. The molecule has 0 aliphatic carbocycles. The van der Waals surface area contributed by atoms with Gasteiger partial charge >= 0.3 is 0 Å². The van der Waals surface area contributed by atoms with Crippen LogP contribution in [0.15, 0.2) is 36.4 Å². The average Bonchev–Trinajstić information content (AvgIpc) is 2.90. The molecule has 0 aliphatic heterocycles. The van der Waals surface area contributed by atoms with Crippen molar-refractivity contribution in [1.82, 2.24) is 15.0 Å². The smallest absolute Gasteiger partial charge is 0.267 e. The van der Waals surface area contributed by atoms with Gasteiger partial charge in [-0.15, -0.1) is 5.10 Å². The van der Waals surface area contributed by atoms with Crippen molar-refractivity contribution in [2.24, 2.45) is 0 Å². The molecule has 0 atom stereocenters. The first-order valence-corrected chi connectivity index (χ1v) is 6.59. The Morgan fingerprint density at radius 1 is 1.14 bits per heavy atom. The molecule has 7 heteroatoms. The second kappa shape index (κ2) is 5.03. The third kappa shape index (κ3) is 2.22. The maximum absolute atomic E-state index is 12.5. The van der Waals surface area contributed by atoms with Gasteiger partial charge in [-0.3, -0.25) is 14.9 Å². The van der Waals surface area contributed by atoms with Crippen molar-refractivity contribution in [2.45, 2.75) is 13.8 Å². The lowest BCUT2D eigenvalue weighted by Gasteiger charge is -2.03. The van der Waals surface area contributed by atoms with Crippen molar-refractivity contribution in [3.05, 3.63) is 63.2 Å². The summed E-state index contributed by atoms with van der Waals surface area (Å²) in [7, 11) is 0. The number of carbonyl (C=O) groups excluding carboxylic acids is 1. The van der Waals surface area contributed by atoms with Crippen LogP contribution in [0.5, 0.6) is 0 Å². The number of rotatable bonds is 2. The Hall–Kier alpha value is -3.09. The molecule has 0 amide bonds. The van der Waals surface area contributed by atoms with Crippen LogP contribution in [-0.4, -0.2) is 25.8 Å². The minimum atomic E-state index is -0.509. The Balaban J connectivity index is 2.05. The lowest BCUT2D eigenvalue weighted by molar-refractivity contribution is -0.384. The number of hydrogen-bond donors (Lipinski definition) is 0. The topological polar surface area (TPSA) is 90.9 Å². The Morgan fingerprint density at radius 2 is 1.77 bits per heavy atom. The molecule has 3 aromatic rings. The summed E-state index contributed by atoms with van der Waals surface area (Å²) in [6.07, 6.45) is 0. The zero-order valence-electron chi connectivity index (χ0n) is 12.0. The minimum Gasteiger partial charge on any atom is -0.267 e. The number of non-ortho nitro benzene ring substituents is 1. The minimum absolute atomic E-state index is 0.0635. The number of aromatic nitrogens is 3. The van der Waals surface area contributed by atoms with Crippen molar-refractivity contribution in [3.8, 4) is 0 Å². The van der Waals surface area contributed by atoms with Gasteiger partial charge in [0.25, 0.3) is 11.6 Å². The molecule has 2 aromatic carbocycles. The highest BCUT2D eigenvalue weighted by Gasteiger charge is 2.16. The van der Waals surface area contributed by atoms with Gasteiger partial charge in [-0.25, -0.2) is 0 Å². The predicted octanol–water partition coefficient (Wildman–Crippen LogP) is 2.64. The molecular formula is C15H12N4O3. The first-order chi connectivity index (χ1) is 10.5. The molecule has 0 unspecified atom stereocenters. The molecule has 1 aromatic heterocycles. The second-order valence-corrected chi connectivity index (χ2v) is 5.04. The molecule has 22 heavy (non-hydrogen) atoms. The van der Waals surface area contributed by atoms with E-state index in [1.54, 1.807) is 0 Å². The summed E-state index contributed by atoms with van der Waals surface area (Å²) in [6, 6.07) is 9.14. The van der Waals surface area contributed by atoms with Crippen LogP contribution in [0.3, 0.4) is 0 Å². The van der Waals surface area contributed by atoms with E-state index in [0.29, 0.717) is 16.6 Å². The summed E-state index contributed by atoms with van der Waals surface area (Å²) in [5.74, 6) is -0.374. The normalized spacial score (nSPS) is 10.8. The van der Waals surface area contributed by atoms with Gasteiger partial charge in [0.05, 0.1) is 10.4 Å². The standard InChI is InChI=1S/C15H12N4O3/c1-9-7-13-14(8-10(9)2)18(17-16-13)15(20)11-3-5-12(6-4-11)19(21)22/h3-8H,1-2H3. The van der Waals surface area contributed by atoms with E-state index in [2.05, 4.69) is 10.3 Å². The third-order valence-electron chi connectivity index (χ3n) is 3.58. The Kier molecular flexibility index (Phi) is 3.17. The highest BCUT2D eigenvalue weighted by Crippen LogP contribution is 2.19. The molecule has 110 valence electrons. The molecule has 0 bridgehead atoms. The highest BCUT2D eigenvalue weighted by molar-refractivity contribution is 6.00. The van der Waals surface area contributed by atoms with E-state index in [4.69, 9.17) is 0 Å². The molecule has 0 N–H and O–H groups in total. The number of aryl methyl sites for hydroxylation is 2. The van der Waals surface area contributed by atoms with Crippen LogP contribution in [-0.2, 0) is 0 Å². The van der Waals surface area contributed by atoms with Gasteiger partial charge in [-0.05, 0) is 49.2 Å². The van der Waals surface area contributed by atoms with Gasteiger partial charge in [-0.2, -0.15) is 4.68 Å². The molecule has 7 nitrogen and oxygen atoms in total. The number of hydrogen-bond acceptors (Lipinski definition) is 5. The second-order valence-electron chi connectivity index (χ2n) is 5.04. The van der Waals surface area contributed by atoms with E-state index in [0.717, 1.165) is 11.1 Å². The number of nitrogens with zero attached hydrogens (tertiary/aromatic N) is 4. The van der Waals surface area contributed by atoms with Gasteiger partial charge in [0.15, 0.2) is 0 Å². The number of nitro groups is 1. The number of benzene rings is 2. The van der Waals surface area contributed by atoms with Crippen molar-refractivity contribution in [2.75, 3.05) is 0 Å². The summed E-state index contributed by atoms with van der Waals surface area (Å²) in [5, 5.41) is 18.5. The molecule has 3 rings (SSSR count).